The van der Waals surface area contributed by atoms with Gasteiger partial charge in [-0.25, -0.2) is 12.7 Å². The summed E-state index contributed by atoms with van der Waals surface area (Å²) in [4.78, 5) is 11.0. The van der Waals surface area contributed by atoms with Crippen molar-refractivity contribution in [2.75, 3.05) is 18.8 Å². The highest BCUT2D eigenvalue weighted by atomic mass is 32.2. The number of carboxylic acid groups (broad SMARTS) is 1. The predicted octanol–water partition coefficient (Wildman–Crippen LogP) is 1.69. The normalized spacial score (nSPS) is 27.3. The van der Waals surface area contributed by atoms with Crippen molar-refractivity contribution in [2.45, 2.75) is 44.9 Å². The lowest BCUT2D eigenvalue weighted by atomic mass is 9.91. The minimum absolute atomic E-state index is 0.157. The second-order valence-corrected chi connectivity index (χ2v) is 7.83. The van der Waals surface area contributed by atoms with E-state index in [1.165, 1.54) is 10.7 Å². The van der Waals surface area contributed by atoms with Crippen molar-refractivity contribution >= 4 is 16.0 Å². The summed E-state index contributed by atoms with van der Waals surface area (Å²) in [5, 5.41) is 9.02. The van der Waals surface area contributed by atoms with Gasteiger partial charge in [0, 0.05) is 13.1 Å². The second kappa shape index (κ2) is 6.22. The maximum absolute atomic E-state index is 12.4. The molecule has 0 bridgehead atoms. The summed E-state index contributed by atoms with van der Waals surface area (Å²) in [5.74, 6) is -0.935. The monoisotopic (exact) mass is 289 g/mol. The van der Waals surface area contributed by atoms with Gasteiger partial charge in [-0.15, -0.1) is 0 Å². The lowest BCUT2D eigenvalue weighted by Gasteiger charge is -2.31. The molecule has 1 aliphatic carbocycles. The predicted molar refractivity (Wildman–Crippen MR) is 72.3 cm³/mol. The third-order valence-electron chi connectivity index (χ3n) is 4.30. The molecule has 0 aromatic heterocycles. The van der Waals surface area contributed by atoms with Crippen LogP contribution in [0.15, 0.2) is 0 Å². The first-order valence-electron chi connectivity index (χ1n) is 7.19. The number of sulfonamides is 1. The van der Waals surface area contributed by atoms with Crippen LogP contribution in [0.2, 0.25) is 0 Å². The number of nitrogens with zero attached hydrogens (tertiary/aromatic N) is 1. The zero-order chi connectivity index (χ0) is 13.9. The molecule has 5 nitrogen and oxygen atoms in total. The van der Waals surface area contributed by atoms with Crippen LogP contribution >= 0.6 is 0 Å². The molecule has 1 saturated carbocycles. The molecule has 0 aromatic carbocycles. The van der Waals surface area contributed by atoms with E-state index in [2.05, 4.69) is 0 Å². The average Bonchev–Trinajstić information content (AvgIpc) is 2.39. The van der Waals surface area contributed by atoms with Gasteiger partial charge in [0.15, 0.2) is 0 Å². The van der Waals surface area contributed by atoms with Crippen LogP contribution in [0.25, 0.3) is 0 Å². The van der Waals surface area contributed by atoms with Crippen LogP contribution in [0, 0.1) is 11.8 Å². The van der Waals surface area contributed by atoms with Crippen LogP contribution in [0.5, 0.6) is 0 Å². The number of aliphatic carboxylic acids is 1. The van der Waals surface area contributed by atoms with Crippen LogP contribution in [-0.4, -0.2) is 42.6 Å². The van der Waals surface area contributed by atoms with E-state index in [9.17, 15) is 13.2 Å². The maximum atomic E-state index is 12.4. The number of hydrogen-bond acceptors (Lipinski definition) is 3. The van der Waals surface area contributed by atoms with E-state index in [0.29, 0.717) is 19.4 Å². The highest BCUT2D eigenvalue weighted by Crippen LogP contribution is 2.27. The SMILES string of the molecule is O=C(O)C1CCCN(S(=O)(=O)CC2CCCCC2)C1. The molecule has 1 N–H and O–H groups in total. The van der Waals surface area contributed by atoms with Crippen LogP contribution in [0.4, 0.5) is 0 Å². The van der Waals surface area contributed by atoms with Gasteiger partial charge in [-0.2, -0.15) is 0 Å². The molecule has 0 radical (unpaired) electrons. The Bertz CT molecular complexity index is 414. The summed E-state index contributed by atoms with van der Waals surface area (Å²) in [6.45, 7) is 0.642. The Morgan fingerprint density at radius 3 is 2.42 bits per heavy atom. The van der Waals surface area contributed by atoms with Crippen molar-refractivity contribution in [3.8, 4) is 0 Å². The first-order chi connectivity index (χ1) is 8.99. The van der Waals surface area contributed by atoms with Gasteiger partial charge in [0.05, 0.1) is 11.7 Å². The van der Waals surface area contributed by atoms with Crippen molar-refractivity contribution < 1.29 is 18.3 Å². The summed E-state index contributed by atoms with van der Waals surface area (Å²) >= 11 is 0. The van der Waals surface area contributed by atoms with Crippen molar-refractivity contribution in [1.82, 2.24) is 4.31 Å². The third-order valence-corrected chi connectivity index (χ3v) is 6.31. The van der Waals surface area contributed by atoms with E-state index in [1.807, 2.05) is 0 Å². The quantitative estimate of drug-likeness (QED) is 0.854. The van der Waals surface area contributed by atoms with Gasteiger partial charge in [0.25, 0.3) is 0 Å². The summed E-state index contributed by atoms with van der Waals surface area (Å²) < 4.78 is 26.1. The Morgan fingerprint density at radius 2 is 1.79 bits per heavy atom. The van der Waals surface area contributed by atoms with E-state index < -0.39 is 21.9 Å². The first kappa shape index (κ1) is 14.8. The molecule has 0 spiro atoms. The molecule has 1 aliphatic heterocycles. The topological polar surface area (TPSA) is 74.7 Å². The lowest BCUT2D eigenvalue weighted by Crippen LogP contribution is -2.44. The van der Waals surface area contributed by atoms with Crippen molar-refractivity contribution in [2.24, 2.45) is 11.8 Å². The molecule has 19 heavy (non-hydrogen) atoms. The summed E-state index contributed by atoms with van der Waals surface area (Å²) in [7, 11) is -3.28. The first-order valence-corrected chi connectivity index (χ1v) is 8.80. The fraction of sp³-hybridized carbons (Fsp3) is 0.923. The molecule has 2 aliphatic rings. The number of carbonyl (C=O) groups is 1. The number of hydrogen-bond donors (Lipinski definition) is 1. The molecular weight excluding hydrogens is 266 g/mol. The van der Waals surface area contributed by atoms with Gasteiger partial charge in [-0.3, -0.25) is 4.79 Å². The van der Waals surface area contributed by atoms with Crippen LogP contribution in [-0.2, 0) is 14.8 Å². The van der Waals surface area contributed by atoms with E-state index in [0.717, 1.165) is 25.7 Å². The largest absolute Gasteiger partial charge is 0.481 e. The fourth-order valence-corrected chi connectivity index (χ4v) is 5.11. The lowest BCUT2D eigenvalue weighted by molar-refractivity contribution is -0.142. The Hall–Kier alpha value is -0.620. The number of piperidine rings is 1. The third kappa shape index (κ3) is 3.92. The minimum atomic E-state index is -3.28. The van der Waals surface area contributed by atoms with E-state index >= 15 is 0 Å². The molecule has 2 rings (SSSR count). The summed E-state index contributed by atoms with van der Waals surface area (Å²) in [6, 6.07) is 0. The van der Waals surface area contributed by atoms with Crippen molar-refractivity contribution in [3.63, 3.8) is 0 Å². The van der Waals surface area contributed by atoms with Crippen molar-refractivity contribution in [3.05, 3.63) is 0 Å². The van der Waals surface area contributed by atoms with Crippen LogP contribution < -0.4 is 0 Å². The molecule has 1 atom stereocenters. The molecule has 110 valence electrons. The van der Waals surface area contributed by atoms with Crippen molar-refractivity contribution in [1.29, 1.82) is 0 Å². The van der Waals surface area contributed by atoms with Gasteiger partial charge < -0.3 is 5.11 Å². The number of carboxylic acids is 1. The highest BCUT2D eigenvalue weighted by Gasteiger charge is 2.33. The second-order valence-electron chi connectivity index (χ2n) is 5.82. The van der Waals surface area contributed by atoms with E-state index in [4.69, 9.17) is 5.11 Å². The molecule has 0 aromatic rings. The maximum Gasteiger partial charge on any atom is 0.307 e. The fourth-order valence-electron chi connectivity index (χ4n) is 3.15. The molecule has 6 heteroatoms. The van der Waals surface area contributed by atoms with Gasteiger partial charge in [-0.1, -0.05) is 19.3 Å². The molecule has 1 heterocycles. The van der Waals surface area contributed by atoms with Gasteiger partial charge in [0.1, 0.15) is 0 Å². The molecule has 0 amide bonds. The summed E-state index contributed by atoms with van der Waals surface area (Å²) in [6.07, 6.45) is 6.69. The van der Waals surface area contributed by atoms with Gasteiger partial charge >= 0.3 is 5.97 Å². The smallest absolute Gasteiger partial charge is 0.307 e. The van der Waals surface area contributed by atoms with Crippen LogP contribution in [0.3, 0.4) is 0 Å². The highest BCUT2D eigenvalue weighted by molar-refractivity contribution is 7.89. The summed E-state index contributed by atoms with van der Waals surface area (Å²) in [5.41, 5.74) is 0. The average molecular weight is 289 g/mol. The van der Waals surface area contributed by atoms with E-state index in [-0.39, 0.29) is 18.2 Å². The van der Waals surface area contributed by atoms with E-state index in [1.54, 1.807) is 0 Å². The van der Waals surface area contributed by atoms with Gasteiger partial charge in [0.2, 0.25) is 10.0 Å². The standard InChI is InChI=1S/C13H23NO4S/c15-13(16)12-7-4-8-14(9-12)19(17,18)10-11-5-2-1-3-6-11/h11-12H,1-10H2,(H,15,16). The minimum Gasteiger partial charge on any atom is -0.481 e. The number of rotatable bonds is 4. The zero-order valence-corrected chi connectivity index (χ0v) is 12.1. The molecule has 1 saturated heterocycles. The Morgan fingerprint density at radius 1 is 1.11 bits per heavy atom. The Labute approximate surface area is 115 Å². The van der Waals surface area contributed by atoms with Gasteiger partial charge in [-0.05, 0) is 31.6 Å². The zero-order valence-electron chi connectivity index (χ0n) is 11.3. The molecule has 2 fully saturated rings. The molecule has 1 unspecified atom stereocenters. The Balaban J connectivity index is 1.96. The molecular formula is C13H23NO4S. The Kier molecular flexibility index (Phi) is 4.84. The van der Waals surface area contributed by atoms with Crippen LogP contribution in [0.1, 0.15) is 44.9 Å².